The van der Waals surface area contributed by atoms with Crippen molar-refractivity contribution in [1.82, 2.24) is 5.32 Å². The van der Waals surface area contributed by atoms with Gasteiger partial charge in [0.05, 0.1) is 16.4 Å². The lowest BCUT2D eigenvalue weighted by Gasteiger charge is -2.28. The van der Waals surface area contributed by atoms with Gasteiger partial charge in [-0.3, -0.25) is 14.4 Å². The average molecular weight is 398 g/mol. The Kier molecular flexibility index (Phi) is 5.04. The van der Waals surface area contributed by atoms with E-state index in [1.165, 1.54) is 11.3 Å². The highest BCUT2D eigenvalue weighted by atomic mass is 32.1. The van der Waals surface area contributed by atoms with E-state index in [0.29, 0.717) is 28.7 Å². The molecular weight excluding hydrogens is 376 g/mol. The summed E-state index contributed by atoms with van der Waals surface area (Å²) in [5, 5.41) is 9.30. The van der Waals surface area contributed by atoms with Gasteiger partial charge in [0.15, 0.2) is 0 Å². The van der Waals surface area contributed by atoms with Gasteiger partial charge in [0.25, 0.3) is 5.91 Å². The minimum Gasteiger partial charge on any atom is -0.360 e. The van der Waals surface area contributed by atoms with E-state index in [2.05, 4.69) is 16.0 Å². The molecule has 146 valence electrons. The van der Waals surface area contributed by atoms with Crippen LogP contribution in [-0.4, -0.2) is 37.4 Å². The molecule has 3 amide bonds. The Hall–Kier alpha value is -2.87. The molecule has 0 radical (unpaired) electrons. The van der Waals surface area contributed by atoms with Gasteiger partial charge in [-0.1, -0.05) is 0 Å². The molecule has 1 aromatic carbocycles. The zero-order valence-electron chi connectivity index (χ0n) is 15.6. The van der Waals surface area contributed by atoms with Crippen LogP contribution in [0.3, 0.4) is 0 Å². The van der Waals surface area contributed by atoms with Gasteiger partial charge < -0.3 is 20.9 Å². The lowest BCUT2D eigenvalue weighted by molar-refractivity contribution is -0.120. The smallest absolute Gasteiger partial charge is 0.266 e. The van der Waals surface area contributed by atoms with Crippen molar-refractivity contribution in [3.8, 4) is 0 Å². The molecule has 2 aliphatic rings. The molecule has 2 heterocycles. The van der Waals surface area contributed by atoms with Gasteiger partial charge in [-0.2, -0.15) is 0 Å². The van der Waals surface area contributed by atoms with Crippen molar-refractivity contribution in [3.63, 3.8) is 0 Å². The lowest BCUT2D eigenvalue weighted by atomic mass is 10.2. The number of hydrogen-bond acceptors (Lipinski definition) is 5. The van der Waals surface area contributed by atoms with E-state index in [4.69, 9.17) is 0 Å². The molecule has 1 aliphatic heterocycles. The summed E-state index contributed by atoms with van der Waals surface area (Å²) >= 11 is 1.29. The molecule has 1 saturated carbocycles. The van der Waals surface area contributed by atoms with Crippen LogP contribution in [0.1, 0.15) is 28.1 Å². The number of nitrogens with zero attached hydrogens (tertiary/aromatic N) is 1. The highest BCUT2D eigenvalue weighted by Crippen LogP contribution is 2.33. The van der Waals surface area contributed by atoms with Gasteiger partial charge in [0.2, 0.25) is 11.8 Å². The van der Waals surface area contributed by atoms with Gasteiger partial charge in [0.1, 0.15) is 0 Å². The third kappa shape index (κ3) is 4.17. The third-order valence-electron chi connectivity index (χ3n) is 4.85. The third-order valence-corrected chi connectivity index (χ3v) is 6.00. The highest BCUT2D eigenvalue weighted by molar-refractivity contribution is 7.18. The van der Waals surface area contributed by atoms with Gasteiger partial charge >= 0.3 is 0 Å². The Morgan fingerprint density at radius 2 is 1.93 bits per heavy atom. The first kappa shape index (κ1) is 18.5. The highest BCUT2D eigenvalue weighted by Gasteiger charge is 2.30. The number of amides is 3. The Labute approximate surface area is 167 Å². The van der Waals surface area contributed by atoms with Crippen molar-refractivity contribution >= 4 is 45.4 Å². The minimum atomic E-state index is -0.195. The summed E-state index contributed by atoms with van der Waals surface area (Å²) in [6.45, 7) is 3.61. The maximum absolute atomic E-state index is 12.6. The molecule has 1 saturated heterocycles. The molecule has 3 N–H and O–H groups in total. The van der Waals surface area contributed by atoms with Gasteiger partial charge in [0, 0.05) is 30.4 Å². The van der Waals surface area contributed by atoms with E-state index in [1.54, 1.807) is 0 Å². The standard InChI is InChI=1S/C20H22N4O3S/c1-12-10-17(23-19(26)13-2-3-13)28-18(12)20(27)22-14-4-6-15(7-5-14)24-9-8-21-16(25)11-24/h4-7,10,13H,2-3,8-9,11H2,1H3,(H,21,25)(H,22,27)(H,23,26). The fraction of sp³-hybridized carbons (Fsp3) is 0.350. The van der Waals surface area contributed by atoms with Crippen LogP contribution in [0.4, 0.5) is 16.4 Å². The van der Waals surface area contributed by atoms with Gasteiger partial charge in [-0.15, -0.1) is 11.3 Å². The molecule has 0 atom stereocenters. The number of anilines is 3. The first-order chi connectivity index (χ1) is 13.5. The molecule has 1 aliphatic carbocycles. The molecule has 28 heavy (non-hydrogen) atoms. The van der Waals surface area contributed by atoms with Crippen LogP contribution >= 0.6 is 11.3 Å². The zero-order valence-corrected chi connectivity index (χ0v) is 16.4. The van der Waals surface area contributed by atoms with Crippen LogP contribution in [0.15, 0.2) is 30.3 Å². The van der Waals surface area contributed by atoms with Crippen molar-refractivity contribution in [2.45, 2.75) is 19.8 Å². The molecule has 0 spiro atoms. The van der Waals surface area contributed by atoms with Gasteiger partial charge in [-0.05, 0) is 55.7 Å². The molecule has 4 rings (SSSR count). The van der Waals surface area contributed by atoms with Crippen LogP contribution in [0.25, 0.3) is 0 Å². The molecular formula is C20H22N4O3S. The van der Waals surface area contributed by atoms with Crippen molar-refractivity contribution in [2.24, 2.45) is 5.92 Å². The van der Waals surface area contributed by atoms with Crippen LogP contribution < -0.4 is 20.9 Å². The Morgan fingerprint density at radius 1 is 1.18 bits per heavy atom. The molecule has 1 aromatic heterocycles. The predicted molar refractivity (Wildman–Crippen MR) is 110 cm³/mol. The number of piperazine rings is 1. The number of thiophene rings is 1. The number of aryl methyl sites for hydroxylation is 1. The number of carbonyl (C=O) groups excluding carboxylic acids is 3. The Balaban J connectivity index is 1.40. The predicted octanol–water partition coefficient (Wildman–Crippen LogP) is 2.59. The quantitative estimate of drug-likeness (QED) is 0.722. The van der Waals surface area contributed by atoms with Crippen molar-refractivity contribution in [2.75, 3.05) is 35.2 Å². The molecule has 2 fully saturated rings. The molecule has 8 heteroatoms. The average Bonchev–Trinajstić information content (AvgIpc) is 3.46. The van der Waals surface area contributed by atoms with E-state index >= 15 is 0 Å². The maximum Gasteiger partial charge on any atom is 0.266 e. The SMILES string of the molecule is Cc1cc(NC(=O)C2CC2)sc1C(=O)Nc1ccc(N2CCNC(=O)C2)cc1. The first-order valence-corrected chi connectivity index (χ1v) is 10.2. The van der Waals surface area contributed by atoms with Crippen LogP contribution in [0.5, 0.6) is 0 Å². The van der Waals surface area contributed by atoms with Crippen LogP contribution in [0, 0.1) is 12.8 Å². The van der Waals surface area contributed by atoms with Crippen LogP contribution in [-0.2, 0) is 9.59 Å². The van der Waals surface area contributed by atoms with Crippen molar-refractivity contribution in [1.29, 1.82) is 0 Å². The fourth-order valence-corrected chi connectivity index (χ4v) is 4.11. The number of benzene rings is 1. The summed E-state index contributed by atoms with van der Waals surface area (Å²) < 4.78 is 0. The van der Waals surface area contributed by atoms with Crippen molar-refractivity contribution < 1.29 is 14.4 Å². The second-order valence-corrected chi connectivity index (χ2v) is 8.21. The monoisotopic (exact) mass is 398 g/mol. The zero-order chi connectivity index (χ0) is 19.7. The van der Waals surface area contributed by atoms with Gasteiger partial charge in [-0.25, -0.2) is 0 Å². The van der Waals surface area contributed by atoms with E-state index in [9.17, 15) is 14.4 Å². The minimum absolute atomic E-state index is 0.0152. The normalized spacial score (nSPS) is 16.5. The number of carbonyl (C=O) groups is 3. The molecule has 7 nitrogen and oxygen atoms in total. The van der Waals surface area contributed by atoms with Crippen LogP contribution in [0.2, 0.25) is 0 Å². The van der Waals surface area contributed by atoms with E-state index in [-0.39, 0.29) is 23.6 Å². The largest absolute Gasteiger partial charge is 0.360 e. The summed E-state index contributed by atoms with van der Waals surface area (Å²) in [7, 11) is 0. The van der Waals surface area contributed by atoms with E-state index in [0.717, 1.165) is 30.6 Å². The number of nitrogens with one attached hydrogen (secondary N) is 3. The lowest BCUT2D eigenvalue weighted by Crippen LogP contribution is -2.47. The van der Waals surface area contributed by atoms with Crippen molar-refractivity contribution in [3.05, 3.63) is 40.8 Å². The summed E-state index contributed by atoms with van der Waals surface area (Å²) in [6.07, 6.45) is 1.89. The summed E-state index contributed by atoms with van der Waals surface area (Å²) in [4.78, 5) is 38.6. The first-order valence-electron chi connectivity index (χ1n) is 9.34. The summed E-state index contributed by atoms with van der Waals surface area (Å²) in [6, 6.07) is 9.30. The second-order valence-electron chi connectivity index (χ2n) is 7.16. The molecule has 0 bridgehead atoms. The summed E-state index contributed by atoms with van der Waals surface area (Å²) in [5.41, 5.74) is 2.47. The van der Waals surface area contributed by atoms with E-state index < -0.39 is 0 Å². The fourth-order valence-electron chi connectivity index (χ4n) is 3.14. The molecule has 0 unspecified atom stereocenters. The Morgan fingerprint density at radius 3 is 2.61 bits per heavy atom. The second kappa shape index (κ2) is 7.63. The number of rotatable bonds is 5. The van der Waals surface area contributed by atoms with E-state index in [1.807, 2.05) is 42.2 Å². The molecule has 2 aromatic rings. The summed E-state index contributed by atoms with van der Waals surface area (Å²) in [5.74, 6) is -0.0136. The maximum atomic E-state index is 12.6. The Bertz CT molecular complexity index is 918. The topological polar surface area (TPSA) is 90.5 Å². The number of hydrogen-bond donors (Lipinski definition) is 3.